The number of anilines is 4. The lowest BCUT2D eigenvalue weighted by molar-refractivity contribution is 0.134. The molecule has 2 saturated carbocycles. The van der Waals surface area contributed by atoms with Crippen molar-refractivity contribution in [1.82, 2.24) is 88.2 Å². The van der Waals surface area contributed by atoms with Gasteiger partial charge in [0.1, 0.15) is 0 Å². The van der Waals surface area contributed by atoms with Crippen LogP contribution in [0.15, 0.2) is 182 Å². The van der Waals surface area contributed by atoms with E-state index in [4.69, 9.17) is 0 Å². The van der Waals surface area contributed by atoms with E-state index >= 15 is 0 Å². The number of fused-ring (bicyclic) bond motifs is 9. The number of allylic oxidation sites excluding steroid dienone is 2. The van der Waals surface area contributed by atoms with Crippen molar-refractivity contribution in [3.05, 3.63) is 205 Å². The van der Waals surface area contributed by atoms with E-state index in [2.05, 4.69) is 487 Å². The van der Waals surface area contributed by atoms with E-state index in [0.717, 1.165) is 108 Å². The molecule has 8 saturated heterocycles. The third kappa shape index (κ3) is 24.1. The van der Waals surface area contributed by atoms with Gasteiger partial charge in [-0.15, -0.1) is 0 Å². The molecule has 11 heterocycles. The van der Waals surface area contributed by atoms with E-state index in [1.54, 1.807) is 0 Å². The van der Waals surface area contributed by atoms with E-state index in [0.29, 0.717) is 24.2 Å². The normalized spacial score (nSPS) is 28.8. The fourth-order valence-electron chi connectivity index (χ4n) is 23.2. The fraction of sp³-hybridized carbons (Fsp3) is 0.611. The summed E-state index contributed by atoms with van der Waals surface area (Å²) in [6.07, 6.45) is 24.0. The standard InChI is InChI=1S/C17H20N2.C15H16N2.C13H14N2.C11H20N2.C9H18N2.C9H12N2.C9H20N2.C8H16N2.C7H16N2.C5H12N2.C5H10N2/c1-18-13-19(2)17(15-11-7-4-8-12-15)16(18)14-9-5-3-6-10-14;1-16-9-17(2)15-12-8-4-6-10-5-3-7-11(13(10)12)14(15)16;1-14-9-15(2)13-8-11-6-4-3-5-10(11)7-12(13)14;1-12-9-13(2)11-8-6-4-3-5-7-10(11)12;2*1-10-7-11(2)9-6-4-3-5-8(9)10;1-8(2)9(3,4)11(6)7-10(8)5;1-9-6-10(2)8-5-3-4-7(8)9;1-6-7(2)9(4)5-8(6)3;2*1-6-3-4-7(2)5-6/h3-12,16-17H,13H2,1-2H3;3-8,14-15H,9H2,1-2H3;3-8H,9H2,1-2H3;3-4,10-11H,5-9H2,1-2H3;8-9H,3-7H2,1-2H3;3-6H,7H2,1-2H3;7H2,1-6H3;7-8H,3-6H2,1-2H3;6-7H,5H2,1-4H3;3-5H2,1-2H3;3-4H,5H2,1-2H3/b;;;4-3-;;;;;;;. The SMILES string of the molecule is CC1C(C)N(C)CN1C.CN1C=CN(C)C1.CN1CCN(C)C1.CN1CN(C)C(C)(C)C1(C)C.CN1CN(C)C(c2ccccc2)C1c1ccccc1.CN1CN(C)C2CC/C=C\CCC21.CN1CN(C)C2CCCC21.CN1CN(C)C2CCCCC21.CN1CN(C)C2c3cccc4cccc(c34)C21.CN1CN(C)c2cc3ccccc3cc21.CN1CN(C)c2ccccc21. The summed E-state index contributed by atoms with van der Waals surface area (Å²) in [5.74, 6) is 0. The zero-order valence-electron chi connectivity index (χ0n) is 86.1. The number of rotatable bonds is 2. The van der Waals surface area contributed by atoms with E-state index in [-0.39, 0.29) is 11.1 Å². The van der Waals surface area contributed by atoms with Crippen molar-refractivity contribution < 1.29 is 0 Å². The molecule has 12 unspecified atom stereocenters. The topological polar surface area (TPSA) is 71.3 Å². The van der Waals surface area contributed by atoms with Crippen LogP contribution in [0.2, 0.25) is 0 Å². The maximum atomic E-state index is 2.50. The van der Waals surface area contributed by atoms with Crippen LogP contribution in [0, 0.1) is 0 Å². The second-order valence-corrected chi connectivity index (χ2v) is 42.2. The van der Waals surface area contributed by atoms with E-state index < -0.39 is 0 Å². The molecule has 22 nitrogen and oxygen atoms in total. The van der Waals surface area contributed by atoms with Gasteiger partial charge in [0.25, 0.3) is 0 Å². The Morgan fingerprint density at radius 3 is 0.885 bits per heavy atom. The number of benzene rings is 7. The summed E-state index contributed by atoms with van der Waals surface area (Å²) in [5, 5.41) is 5.51. The van der Waals surface area contributed by atoms with Crippen LogP contribution < -0.4 is 19.6 Å². The van der Waals surface area contributed by atoms with Crippen LogP contribution in [-0.2, 0) is 0 Å². The first-order chi connectivity index (χ1) is 61.9. The zero-order valence-corrected chi connectivity index (χ0v) is 86.1. The quantitative estimate of drug-likeness (QED) is 0.154. The highest BCUT2D eigenvalue weighted by Crippen LogP contribution is 2.53. The molecule has 130 heavy (non-hydrogen) atoms. The number of likely N-dealkylation sites (N-methyl/N-ethyl adjacent to an activating group) is 16. The van der Waals surface area contributed by atoms with Crippen LogP contribution in [0.3, 0.4) is 0 Å². The molecule has 15 aliphatic rings. The number of nitrogens with zero attached hydrogens (tertiary/aromatic N) is 22. The largest absolute Gasteiger partial charge is 0.362 e. The molecule has 22 rings (SSSR count). The van der Waals surface area contributed by atoms with Gasteiger partial charge in [-0.25, -0.2) is 0 Å². The first kappa shape index (κ1) is 102. The van der Waals surface area contributed by atoms with Gasteiger partial charge in [-0.2, -0.15) is 0 Å². The highest BCUT2D eigenvalue weighted by molar-refractivity contribution is 5.94. The van der Waals surface area contributed by atoms with Gasteiger partial charge in [0.2, 0.25) is 0 Å². The molecular weight excluding hydrogens is 1610 g/mol. The van der Waals surface area contributed by atoms with Crippen molar-refractivity contribution in [1.29, 1.82) is 0 Å². The van der Waals surface area contributed by atoms with E-state index in [1.165, 1.54) is 164 Å². The van der Waals surface area contributed by atoms with Crippen LogP contribution in [0.5, 0.6) is 0 Å². The van der Waals surface area contributed by atoms with Crippen LogP contribution in [0.25, 0.3) is 21.5 Å². The molecule has 10 fully saturated rings. The van der Waals surface area contributed by atoms with Crippen LogP contribution in [-0.4, -0.2) is 389 Å². The summed E-state index contributed by atoms with van der Waals surface area (Å²) in [6, 6.07) is 65.0. The van der Waals surface area contributed by atoms with Crippen molar-refractivity contribution in [2.45, 2.75) is 196 Å². The summed E-state index contributed by atoms with van der Waals surface area (Å²) in [5.41, 5.74) is 11.7. The Hall–Kier alpha value is -7.30. The van der Waals surface area contributed by atoms with Gasteiger partial charge in [0.05, 0.1) is 120 Å². The molecule has 0 bridgehead atoms. The predicted octanol–water partition coefficient (Wildman–Crippen LogP) is 15.9. The lowest BCUT2D eigenvalue weighted by atomic mass is 9.83. The van der Waals surface area contributed by atoms with Gasteiger partial charge in [0.15, 0.2) is 0 Å². The minimum atomic E-state index is 0.280. The molecule has 0 N–H and O–H groups in total. The minimum absolute atomic E-state index is 0.280. The Bertz CT molecular complexity index is 4410. The van der Waals surface area contributed by atoms with E-state index in [9.17, 15) is 0 Å². The maximum absolute atomic E-state index is 2.50. The Kier molecular flexibility index (Phi) is 35.8. The first-order valence-electron chi connectivity index (χ1n) is 49.0. The second-order valence-electron chi connectivity index (χ2n) is 42.2. The Morgan fingerprint density at radius 1 is 0.262 bits per heavy atom. The van der Waals surface area contributed by atoms with Gasteiger partial charge in [-0.1, -0.05) is 165 Å². The van der Waals surface area contributed by atoms with Gasteiger partial charge in [-0.3, -0.25) is 78.4 Å². The van der Waals surface area contributed by atoms with Crippen LogP contribution >= 0.6 is 0 Å². The smallest absolute Gasteiger partial charge is 0.0898 e. The van der Waals surface area contributed by atoms with Gasteiger partial charge in [0, 0.05) is 127 Å². The molecular formula is C108H174N22. The molecule has 7 aromatic carbocycles. The molecule has 716 valence electrons. The van der Waals surface area contributed by atoms with Gasteiger partial charge >= 0.3 is 0 Å². The van der Waals surface area contributed by atoms with Gasteiger partial charge < -0.3 is 29.4 Å². The summed E-state index contributed by atoms with van der Waals surface area (Å²) in [6.45, 7) is 28.1. The van der Waals surface area contributed by atoms with Crippen molar-refractivity contribution in [3.63, 3.8) is 0 Å². The van der Waals surface area contributed by atoms with Crippen LogP contribution in [0.4, 0.5) is 22.7 Å². The summed E-state index contributed by atoms with van der Waals surface area (Å²) in [4.78, 5) is 52.2. The van der Waals surface area contributed by atoms with Crippen molar-refractivity contribution in [3.8, 4) is 0 Å². The molecule has 0 aromatic heterocycles. The average molecular weight is 1780 g/mol. The predicted molar refractivity (Wildman–Crippen MR) is 554 cm³/mol. The number of hydrogen-bond donors (Lipinski definition) is 0. The highest BCUT2D eigenvalue weighted by Gasteiger charge is 2.50. The molecule has 0 radical (unpaired) electrons. The molecule has 22 heteroatoms. The van der Waals surface area contributed by atoms with E-state index in [1.807, 2.05) is 0 Å². The summed E-state index contributed by atoms with van der Waals surface area (Å²) in [7, 11) is 48.0. The lowest BCUT2D eigenvalue weighted by Gasteiger charge is -2.40. The maximum Gasteiger partial charge on any atom is 0.0898 e. The highest BCUT2D eigenvalue weighted by atomic mass is 15.5. The number of hydrogen-bond acceptors (Lipinski definition) is 22. The Labute approximate surface area is 789 Å². The molecule has 0 amide bonds. The molecule has 12 atom stereocenters. The lowest BCUT2D eigenvalue weighted by Crippen LogP contribution is -2.52. The Morgan fingerprint density at radius 2 is 0.569 bits per heavy atom. The van der Waals surface area contributed by atoms with Crippen LogP contribution in [0.1, 0.15) is 159 Å². The Balaban J connectivity index is 0.000000131. The second kappa shape index (κ2) is 45.8. The van der Waals surface area contributed by atoms with Crippen molar-refractivity contribution in [2.24, 2.45) is 0 Å². The molecule has 0 spiro atoms. The molecule has 7 aromatic rings. The minimum Gasteiger partial charge on any atom is -0.362 e. The zero-order chi connectivity index (χ0) is 93.7. The van der Waals surface area contributed by atoms with Crippen molar-refractivity contribution in [2.75, 3.05) is 261 Å². The monoisotopic (exact) mass is 1780 g/mol. The summed E-state index contributed by atoms with van der Waals surface area (Å²) < 4.78 is 0. The third-order valence-corrected chi connectivity index (χ3v) is 32.0. The van der Waals surface area contributed by atoms with Gasteiger partial charge in [-0.05, 0) is 274 Å². The molecule has 4 aliphatic carbocycles. The fourth-order valence-corrected chi connectivity index (χ4v) is 23.2. The first-order valence-corrected chi connectivity index (χ1v) is 49.0. The molecule has 11 aliphatic heterocycles. The average Bonchev–Trinajstić information content (AvgIpc) is 1.57. The van der Waals surface area contributed by atoms with Crippen molar-refractivity contribution >= 4 is 44.3 Å². The third-order valence-electron chi connectivity index (χ3n) is 32.0. The number of para-hydroxylation sites is 2. The summed E-state index contributed by atoms with van der Waals surface area (Å²) >= 11 is 0.